The summed E-state index contributed by atoms with van der Waals surface area (Å²) in [5, 5.41) is 3.80. The van der Waals surface area contributed by atoms with Crippen LogP contribution in [0.4, 0.5) is 8.78 Å². The van der Waals surface area contributed by atoms with Crippen LogP contribution in [-0.4, -0.2) is 24.0 Å². The van der Waals surface area contributed by atoms with Gasteiger partial charge in [-0.1, -0.05) is 49.5 Å². The topological polar surface area (TPSA) is 38.0 Å². The molecule has 0 aromatic heterocycles. The Bertz CT molecular complexity index is 817. The summed E-state index contributed by atoms with van der Waals surface area (Å²) in [4.78, 5) is 1.03. The lowest BCUT2D eigenvalue weighted by Gasteiger charge is -2.69. The van der Waals surface area contributed by atoms with E-state index in [-0.39, 0.29) is 22.7 Å². The molecule has 5 aliphatic rings. The minimum atomic E-state index is -2.23. The molecule has 5 heteroatoms. The van der Waals surface area contributed by atoms with Gasteiger partial charge in [-0.2, -0.15) is 0 Å². The molecule has 0 heterocycles. The molecule has 3 N–H and O–H groups in total. The van der Waals surface area contributed by atoms with Crippen LogP contribution in [0.5, 0.6) is 0 Å². The molecule has 5 aliphatic carbocycles. The monoisotopic (exact) mass is 460 g/mol. The van der Waals surface area contributed by atoms with Crippen LogP contribution in [0.3, 0.4) is 0 Å². The molecule has 32 heavy (non-hydrogen) atoms. The van der Waals surface area contributed by atoms with Gasteiger partial charge in [0.15, 0.2) is 0 Å². The lowest BCUT2D eigenvalue weighted by atomic mass is 9.36. The van der Waals surface area contributed by atoms with Crippen LogP contribution in [-0.2, 0) is 5.41 Å². The van der Waals surface area contributed by atoms with Crippen LogP contribution in [0.25, 0.3) is 0 Å². The van der Waals surface area contributed by atoms with Gasteiger partial charge in [-0.15, -0.1) is 0 Å². The largest absolute Gasteiger partial charge is 0.376 e. The van der Waals surface area contributed by atoms with Gasteiger partial charge in [0.2, 0.25) is 6.43 Å². The molecule has 5 fully saturated rings. The number of halogens is 2. The van der Waals surface area contributed by atoms with Gasteiger partial charge in [0.1, 0.15) is 0 Å². The van der Waals surface area contributed by atoms with Crippen LogP contribution >= 0.6 is 12.2 Å². The Labute approximate surface area is 197 Å². The Hall–Kier alpha value is -1.07. The first kappa shape index (κ1) is 22.7. The first-order valence-corrected chi connectivity index (χ1v) is 13.0. The van der Waals surface area contributed by atoms with Gasteiger partial charge in [-0.3, -0.25) is 0 Å². The summed E-state index contributed by atoms with van der Waals surface area (Å²) in [7, 11) is 0. The molecule has 5 saturated carbocycles. The third-order valence-corrected chi connectivity index (χ3v) is 10.6. The highest BCUT2D eigenvalue weighted by molar-refractivity contribution is 7.80. The van der Waals surface area contributed by atoms with Crippen molar-refractivity contribution in [3.8, 4) is 0 Å². The zero-order valence-corrected chi connectivity index (χ0v) is 20.1. The number of hydrogen-bond donors (Lipinski definition) is 2. The Kier molecular flexibility index (Phi) is 5.89. The molecule has 1 aromatic rings. The molecule has 1 aromatic carbocycles. The van der Waals surface area contributed by atoms with Gasteiger partial charge < -0.3 is 11.1 Å². The molecule has 0 spiro atoms. The zero-order valence-electron chi connectivity index (χ0n) is 19.3. The van der Waals surface area contributed by atoms with Crippen LogP contribution in [0, 0.1) is 28.6 Å². The number of nitrogens with one attached hydrogen (secondary N) is 1. The van der Waals surface area contributed by atoms with Crippen molar-refractivity contribution in [3.05, 3.63) is 35.9 Å². The minimum absolute atomic E-state index is 0.0343. The van der Waals surface area contributed by atoms with E-state index in [0.29, 0.717) is 23.8 Å². The van der Waals surface area contributed by atoms with E-state index in [2.05, 4.69) is 42.6 Å². The average Bonchev–Trinajstić information content (AvgIpc) is 2.78. The summed E-state index contributed by atoms with van der Waals surface area (Å²) < 4.78 is 27.4. The third-order valence-electron chi connectivity index (χ3n) is 10.1. The number of thiocarbonyl (C=S) groups is 1. The van der Waals surface area contributed by atoms with Crippen molar-refractivity contribution in [2.24, 2.45) is 34.3 Å². The van der Waals surface area contributed by atoms with E-state index in [1.165, 1.54) is 18.4 Å². The molecule has 0 aliphatic heterocycles. The van der Waals surface area contributed by atoms with Gasteiger partial charge >= 0.3 is 0 Å². The van der Waals surface area contributed by atoms with Crippen molar-refractivity contribution in [1.82, 2.24) is 5.32 Å². The van der Waals surface area contributed by atoms with E-state index in [9.17, 15) is 8.78 Å². The second-order valence-corrected chi connectivity index (χ2v) is 12.2. The van der Waals surface area contributed by atoms with Crippen molar-refractivity contribution in [2.45, 2.75) is 89.0 Å². The minimum Gasteiger partial charge on any atom is -0.376 e. The normalized spacial score (nSPS) is 42.9. The molecule has 0 radical (unpaired) electrons. The van der Waals surface area contributed by atoms with Crippen molar-refractivity contribution in [3.63, 3.8) is 0 Å². The fraction of sp³-hybridized carbons (Fsp3) is 0.741. The number of benzene rings is 1. The molecule has 6 rings (SSSR count). The van der Waals surface area contributed by atoms with Crippen molar-refractivity contribution in [2.75, 3.05) is 6.54 Å². The lowest BCUT2D eigenvalue weighted by Crippen LogP contribution is -2.65. The quantitative estimate of drug-likeness (QED) is 0.494. The van der Waals surface area contributed by atoms with Crippen molar-refractivity contribution in [1.29, 1.82) is 0 Å². The van der Waals surface area contributed by atoms with Gasteiger partial charge in [-0.05, 0) is 98.5 Å². The van der Waals surface area contributed by atoms with E-state index in [0.717, 1.165) is 56.5 Å². The zero-order chi connectivity index (χ0) is 22.6. The Morgan fingerprint density at radius 3 is 2.25 bits per heavy atom. The molecule has 176 valence electrons. The standard InChI is InChI=1S/C27H38F2N2S/c1-25(15-23(28)29)20-11-26(19-5-3-2-4-6-19)12-21(25)14-27(13-20,17-26)24(32)31-22-9-7-18(16-30)8-10-22/h2-6,18,20-23H,7-17,30H2,1H3,(H,31,32). The van der Waals surface area contributed by atoms with Gasteiger partial charge in [-0.25, -0.2) is 8.78 Å². The SMILES string of the molecule is CC1(CC(F)F)C2CC3(C(=S)NC4CCC(CN)CC4)CC1CC(c1ccccc1)(C2)C3. The maximum absolute atomic E-state index is 13.7. The van der Waals surface area contributed by atoms with Crippen molar-refractivity contribution >= 4 is 17.2 Å². The van der Waals surface area contributed by atoms with Crippen LogP contribution in [0.1, 0.15) is 76.7 Å². The Morgan fingerprint density at radius 2 is 1.69 bits per heavy atom. The molecule has 0 saturated heterocycles. The molecule has 2 nitrogen and oxygen atoms in total. The highest BCUT2D eigenvalue weighted by atomic mass is 32.1. The van der Waals surface area contributed by atoms with Crippen LogP contribution in [0.2, 0.25) is 0 Å². The lowest BCUT2D eigenvalue weighted by molar-refractivity contribution is -0.151. The third kappa shape index (κ3) is 3.72. The van der Waals surface area contributed by atoms with E-state index in [1.54, 1.807) is 0 Å². The summed E-state index contributed by atoms with van der Waals surface area (Å²) in [6.45, 7) is 2.94. The first-order valence-electron chi connectivity index (χ1n) is 12.6. The van der Waals surface area contributed by atoms with E-state index in [4.69, 9.17) is 18.0 Å². The van der Waals surface area contributed by atoms with E-state index >= 15 is 0 Å². The highest BCUT2D eigenvalue weighted by Gasteiger charge is 2.66. The Morgan fingerprint density at radius 1 is 1.06 bits per heavy atom. The van der Waals surface area contributed by atoms with Gasteiger partial charge in [0, 0.05) is 17.9 Å². The molecule has 2 unspecified atom stereocenters. The summed E-state index contributed by atoms with van der Waals surface area (Å²) in [5.74, 6) is 1.27. The summed E-state index contributed by atoms with van der Waals surface area (Å²) >= 11 is 6.16. The molecule has 0 amide bonds. The highest BCUT2D eigenvalue weighted by Crippen LogP contribution is 2.72. The van der Waals surface area contributed by atoms with E-state index in [1.807, 2.05) is 0 Å². The number of hydrogen-bond acceptors (Lipinski definition) is 2. The fourth-order valence-corrected chi connectivity index (χ4v) is 8.75. The average molecular weight is 461 g/mol. The smallest absolute Gasteiger partial charge is 0.239 e. The molecule has 2 atom stereocenters. The van der Waals surface area contributed by atoms with Gasteiger partial charge in [0.25, 0.3) is 0 Å². The van der Waals surface area contributed by atoms with E-state index < -0.39 is 6.43 Å². The molecular formula is C27H38F2N2S. The van der Waals surface area contributed by atoms with Crippen molar-refractivity contribution < 1.29 is 8.78 Å². The Balaban J connectivity index is 1.43. The van der Waals surface area contributed by atoms with Gasteiger partial charge in [0.05, 0.1) is 4.99 Å². The maximum Gasteiger partial charge on any atom is 0.239 e. The number of alkyl halides is 2. The maximum atomic E-state index is 13.7. The summed E-state index contributed by atoms with van der Waals surface area (Å²) in [6.07, 6.45) is 7.52. The summed E-state index contributed by atoms with van der Waals surface area (Å²) in [6, 6.07) is 11.3. The number of nitrogens with two attached hydrogens (primary N) is 1. The van der Waals surface area contributed by atoms with Crippen LogP contribution in [0.15, 0.2) is 30.3 Å². The first-order chi connectivity index (χ1) is 15.3. The van der Waals surface area contributed by atoms with Crippen LogP contribution < -0.4 is 11.1 Å². The molecular weight excluding hydrogens is 422 g/mol. The number of rotatable bonds is 6. The second-order valence-electron chi connectivity index (χ2n) is 11.8. The molecule has 4 bridgehead atoms. The fourth-order valence-electron chi connectivity index (χ4n) is 8.34. The second kappa shape index (κ2) is 8.30. The predicted molar refractivity (Wildman–Crippen MR) is 130 cm³/mol. The summed E-state index contributed by atoms with van der Waals surface area (Å²) in [5.41, 5.74) is 7.05. The predicted octanol–water partition coefficient (Wildman–Crippen LogP) is 6.23.